The maximum atomic E-state index is 11.8. The highest BCUT2D eigenvalue weighted by molar-refractivity contribution is 5.94. The Morgan fingerprint density at radius 2 is 1.17 bits per heavy atom. The van der Waals surface area contributed by atoms with Gasteiger partial charge in [-0.15, -0.1) is 0 Å². The van der Waals surface area contributed by atoms with Gasteiger partial charge in [0.05, 0.1) is 0 Å². The van der Waals surface area contributed by atoms with Crippen LogP contribution in [0, 0.1) is 10.8 Å². The summed E-state index contributed by atoms with van der Waals surface area (Å²) in [5, 5.41) is 5.85. The van der Waals surface area contributed by atoms with E-state index in [0.29, 0.717) is 6.54 Å². The van der Waals surface area contributed by atoms with Crippen molar-refractivity contribution in [2.75, 3.05) is 5.32 Å². The molecule has 0 aliphatic heterocycles. The zero-order valence-electron chi connectivity index (χ0n) is 18.7. The molecule has 158 valence electrons. The zero-order chi connectivity index (χ0) is 21.9. The fourth-order valence-corrected chi connectivity index (χ4v) is 2.16. The third-order valence-electron chi connectivity index (χ3n) is 5.32. The van der Waals surface area contributed by atoms with Crippen molar-refractivity contribution in [2.24, 2.45) is 10.8 Å². The van der Waals surface area contributed by atoms with Crippen LogP contribution < -0.4 is 10.6 Å². The average molecular weight is 397 g/mol. The largest absolute Gasteiger partial charge is 0.352 e. The third-order valence-corrected chi connectivity index (χ3v) is 5.32. The predicted octanol–water partition coefficient (Wildman–Crippen LogP) is 5.80. The normalized spacial score (nSPS) is 11.1. The highest BCUT2D eigenvalue weighted by Gasteiger charge is 2.25. The van der Waals surface area contributed by atoms with Crippen molar-refractivity contribution >= 4 is 17.5 Å². The molecule has 2 aromatic rings. The Hall–Kier alpha value is -2.62. The molecule has 4 heteroatoms. The molecule has 0 radical (unpaired) electrons. The molecule has 0 unspecified atom stereocenters. The van der Waals surface area contributed by atoms with Crippen molar-refractivity contribution in [3.8, 4) is 0 Å². The Morgan fingerprint density at radius 1 is 0.724 bits per heavy atom. The number of hydrogen-bond donors (Lipinski definition) is 2. The van der Waals surface area contributed by atoms with E-state index in [2.05, 4.69) is 10.6 Å². The van der Waals surface area contributed by atoms with Gasteiger partial charge in [0.25, 0.3) is 0 Å². The summed E-state index contributed by atoms with van der Waals surface area (Å²) >= 11 is 0. The van der Waals surface area contributed by atoms with Crippen LogP contribution in [-0.4, -0.2) is 11.8 Å². The van der Waals surface area contributed by atoms with E-state index in [4.69, 9.17) is 0 Å². The Balaban J connectivity index is 0.000000291. The number of anilines is 1. The summed E-state index contributed by atoms with van der Waals surface area (Å²) in [5.74, 6) is 0.194. The smallest absolute Gasteiger partial charge is 0.230 e. The zero-order valence-corrected chi connectivity index (χ0v) is 18.7. The molecule has 4 nitrogen and oxygen atoms in total. The van der Waals surface area contributed by atoms with Crippen LogP contribution in [0.25, 0.3) is 0 Å². The minimum Gasteiger partial charge on any atom is -0.352 e. The molecule has 0 aliphatic rings. The maximum Gasteiger partial charge on any atom is 0.230 e. The number of carbonyl (C=O) groups excluding carboxylic acids is 2. The highest BCUT2D eigenvalue weighted by atomic mass is 16.2. The van der Waals surface area contributed by atoms with E-state index in [1.807, 2.05) is 102 Å². The van der Waals surface area contributed by atoms with E-state index >= 15 is 0 Å². The third kappa shape index (κ3) is 8.51. The van der Waals surface area contributed by atoms with Crippen molar-refractivity contribution in [3.05, 3.63) is 66.2 Å². The predicted molar refractivity (Wildman–Crippen MR) is 122 cm³/mol. The number of nitrogens with one attached hydrogen (secondary N) is 2. The standard InChI is InChI=1S/C13H19NO.C12H17NO/c1-4-13(2,3)12(15)14-10-11-8-6-5-7-9-11;1-4-12(2,3)11(14)13-10-8-6-5-7-9-10/h5-9H,4,10H2,1-3H3,(H,14,15);5-9H,4H2,1-3H3,(H,13,14). The molecular weight excluding hydrogens is 360 g/mol. The number of rotatable bonds is 7. The summed E-state index contributed by atoms with van der Waals surface area (Å²) in [5.41, 5.74) is 1.43. The molecule has 0 fully saturated rings. The molecule has 0 aliphatic carbocycles. The lowest BCUT2D eigenvalue weighted by molar-refractivity contribution is -0.129. The van der Waals surface area contributed by atoms with E-state index in [-0.39, 0.29) is 22.6 Å². The Bertz CT molecular complexity index is 753. The Kier molecular flexibility index (Phi) is 9.60. The molecule has 2 N–H and O–H groups in total. The minimum atomic E-state index is -0.296. The second-order valence-electron chi connectivity index (χ2n) is 8.46. The number of benzene rings is 2. The van der Waals surface area contributed by atoms with Crippen LogP contribution in [0.2, 0.25) is 0 Å². The monoisotopic (exact) mass is 396 g/mol. The lowest BCUT2D eigenvalue weighted by Gasteiger charge is -2.21. The van der Waals surface area contributed by atoms with Gasteiger partial charge in [-0.1, -0.05) is 90.1 Å². The van der Waals surface area contributed by atoms with E-state index in [1.54, 1.807) is 0 Å². The molecule has 0 bridgehead atoms. The van der Waals surface area contributed by atoms with Gasteiger partial charge >= 0.3 is 0 Å². The first-order valence-electron chi connectivity index (χ1n) is 10.3. The fraction of sp³-hybridized carbons (Fsp3) is 0.440. The first-order chi connectivity index (χ1) is 13.6. The van der Waals surface area contributed by atoms with E-state index in [0.717, 1.165) is 24.1 Å². The first-order valence-corrected chi connectivity index (χ1v) is 10.3. The topological polar surface area (TPSA) is 58.2 Å². The highest BCUT2D eigenvalue weighted by Crippen LogP contribution is 2.22. The lowest BCUT2D eigenvalue weighted by Crippen LogP contribution is -2.35. The summed E-state index contributed by atoms with van der Waals surface area (Å²) in [6.45, 7) is 12.5. The molecule has 0 aromatic heterocycles. The number of para-hydroxylation sites is 1. The van der Waals surface area contributed by atoms with Crippen molar-refractivity contribution < 1.29 is 9.59 Å². The molecule has 0 saturated carbocycles. The van der Waals surface area contributed by atoms with E-state index in [1.165, 1.54) is 0 Å². The average Bonchev–Trinajstić information content (AvgIpc) is 2.73. The van der Waals surface area contributed by atoms with E-state index in [9.17, 15) is 9.59 Å². The second-order valence-corrected chi connectivity index (χ2v) is 8.46. The van der Waals surface area contributed by atoms with Crippen molar-refractivity contribution in [2.45, 2.75) is 60.9 Å². The van der Waals surface area contributed by atoms with Crippen LogP contribution in [0.3, 0.4) is 0 Å². The molecule has 2 amide bonds. The van der Waals surface area contributed by atoms with Gasteiger partial charge in [0.15, 0.2) is 0 Å². The SMILES string of the molecule is CCC(C)(C)C(=O)NCc1ccccc1.CCC(C)(C)C(=O)Nc1ccccc1. The fourth-order valence-electron chi connectivity index (χ4n) is 2.16. The van der Waals surface area contributed by atoms with Gasteiger partial charge in [0.1, 0.15) is 0 Å². The van der Waals surface area contributed by atoms with Gasteiger partial charge < -0.3 is 10.6 Å². The Morgan fingerprint density at radius 3 is 1.66 bits per heavy atom. The molecule has 29 heavy (non-hydrogen) atoms. The molecule has 0 atom stereocenters. The molecule has 2 rings (SSSR count). The van der Waals surface area contributed by atoms with Crippen LogP contribution in [0.5, 0.6) is 0 Å². The van der Waals surface area contributed by atoms with Crippen LogP contribution in [0.1, 0.15) is 59.9 Å². The first kappa shape index (κ1) is 24.4. The van der Waals surface area contributed by atoms with Gasteiger partial charge in [-0.3, -0.25) is 9.59 Å². The molecular formula is C25H36N2O2. The van der Waals surface area contributed by atoms with Gasteiger partial charge in [-0.05, 0) is 30.5 Å². The van der Waals surface area contributed by atoms with Gasteiger partial charge in [-0.2, -0.15) is 0 Å². The minimum absolute atomic E-state index is 0.0752. The summed E-state index contributed by atoms with van der Waals surface area (Å²) in [6.07, 6.45) is 1.69. The summed E-state index contributed by atoms with van der Waals surface area (Å²) in [7, 11) is 0. The van der Waals surface area contributed by atoms with Gasteiger partial charge in [-0.25, -0.2) is 0 Å². The lowest BCUT2D eigenvalue weighted by atomic mass is 9.89. The van der Waals surface area contributed by atoms with Crippen LogP contribution in [0.15, 0.2) is 60.7 Å². The van der Waals surface area contributed by atoms with Crippen LogP contribution in [-0.2, 0) is 16.1 Å². The number of carbonyl (C=O) groups is 2. The van der Waals surface area contributed by atoms with Crippen molar-refractivity contribution in [1.82, 2.24) is 5.32 Å². The molecule has 0 saturated heterocycles. The second kappa shape index (κ2) is 11.4. The molecule has 2 aromatic carbocycles. The Labute approximate surface area is 176 Å². The van der Waals surface area contributed by atoms with Crippen molar-refractivity contribution in [1.29, 1.82) is 0 Å². The summed E-state index contributed by atoms with van der Waals surface area (Å²) in [4.78, 5) is 23.5. The molecule has 0 spiro atoms. The van der Waals surface area contributed by atoms with Crippen LogP contribution >= 0.6 is 0 Å². The van der Waals surface area contributed by atoms with Gasteiger partial charge in [0.2, 0.25) is 11.8 Å². The maximum absolute atomic E-state index is 11.8. The van der Waals surface area contributed by atoms with Gasteiger partial charge in [0, 0.05) is 23.1 Å². The van der Waals surface area contributed by atoms with Crippen LogP contribution in [0.4, 0.5) is 5.69 Å². The van der Waals surface area contributed by atoms with Crippen molar-refractivity contribution in [3.63, 3.8) is 0 Å². The molecule has 0 heterocycles. The summed E-state index contributed by atoms with van der Waals surface area (Å²) in [6, 6.07) is 19.5. The number of amides is 2. The summed E-state index contributed by atoms with van der Waals surface area (Å²) < 4.78 is 0. The van der Waals surface area contributed by atoms with E-state index < -0.39 is 0 Å². The quantitative estimate of drug-likeness (QED) is 0.621. The number of hydrogen-bond acceptors (Lipinski definition) is 2.